The van der Waals surface area contributed by atoms with Crippen LogP contribution in [-0.4, -0.2) is 67.5 Å². The number of nitrogens with one attached hydrogen (secondary N) is 3. The molecule has 0 saturated carbocycles. The predicted octanol–water partition coefficient (Wildman–Crippen LogP) is 2.40. The molecule has 1 amide bonds. The minimum atomic E-state index is -0.265. The molecule has 35 heavy (non-hydrogen) atoms. The molecule has 5 N–H and O–H groups in total. The Hall–Kier alpha value is -4.44. The van der Waals surface area contributed by atoms with E-state index >= 15 is 0 Å². The van der Waals surface area contributed by atoms with Crippen LogP contribution < -0.4 is 11.1 Å². The standard InChI is InChI=1S/C25H24N8O2/c1-14-29-20-5-3-17(12-21(20)30-14)33-24(26)18(13-28-33)23(34)22-11-16-10-15(2-4-19(16)31-22)25(35)32-8-6-27-7-9-32/h2-5,10-13,27,31H,6-9,26H2,1H3,(H,29,30). The smallest absolute Gasteiger partial charge is 0.253 e. The number of nitrogens with zero attached hydrogens (tertiary/aromatic N) is 4. The van der Waals surface area contributed by atoms with E-state index in [1.165, 1.54) is 10.9 Å². The minimum absolute atomic E-state index is 0.00238. The molecule has 3 aromatic heterocycles. The molecule has 5 aromatic rings. The molecule has 1 aliphatic heterocycles. The second-order valence-corrected chi connectivity index (χ2v) is 8.74. The summed E-state index contributed by atoms with van der Waals surface area (Å²) in [7, 11) is 0. The molecule has 176 valence electrons. The Labute approximate surface area is 200 Å². The van der Waals surface area contributed by atoms with Crippen LogP contribution in [0.1, 0.15) is 32.2 Å². The molecule has 0 bridgehead atoms. The maximum absolute atomic E-state index is 13.3. The monoisotopic (exact) mass is 468 g/mol. The quantitative estimate of drug-likeness (QED) is 0.299. The summed E-state index contributed by atoms with van der Waals surface area (Å²) in [6.45, 7) is 4.85. The summed E-state index contributed by atoms with van der Waals surface area (Å²) >= 11 is 0. The molecule has 10 heteroatoms. The molecule has 0 atom stereocenters. The van der Waals surface area contributed by atoms with Gasteiger partial charge in [-0.2, -0.15) is 5.10 Å². The Bertz CT molecular complexity index is 1600. The van der Waals surface area contributed by atoms with E-state index in [1.54, 1.807) is 12.1 Å². The zero-order valence-electron chi connectivity index (χ0n) is 19.1. The predicted molar refractivity (Wildman–Crippen MR) is 133 cm³/mol. The van der Waals surface area contributed by atoms with Crippen molar-refractivity contribution < 1.29 is 9.59 Å². The summed E-state index contributed by atoms with van der Waals surface area (Å²) in [6.07, 6.45) is 1.48. The molecular weight excluding hydrogens is 444 g/mol. The number of nitrogens with two attached hydrogens (primary N) is 1. The van der Waals surface area contributed by atoms with Crippen LogP contribution in [0.5, 0.6) is 0 Å². The molecule has 1 fully saturated rings. The third-order valence-electron chi connectivity index (χ3n) is 6.40. The van der Waals surface area contributed by atoms with E-state index in [0.29, 0.717) is 29.9 Å². The lowest BCUT2D eigenvalue weighted by molar-refractivity contribution is 0.0736. The number of hydrogen-bond donors (Lipinski definition) is 4. The van der Waals surface area contributed by atoms with Crippen molar-refractivity contribution in [2.24, 2.45) is 0 Å². The van der Waals surface area contributed by atoms with Crippen LogP contribution in [0.4, 0.5) is 5.82 Å². The number of anilines is 1. The van der Waals surface area contributed by atoms with E-state index in [1.807, 2.05) is 42.2 Å². The number of nitrogen functional groups attached to an aromatic ring is 1. The van der Waals surface area contributed by atoms with Crippen LogP contribution in [-0.2, 0) is 0 Å². The highest BCUT2D eigenvalue weighted by Gasteiger charge is 2.22. The second-order valence-electron chi connectivity index (χ2n) is 8.74. The largest absolute Gasteiger partial charge is 0.383 e. The van der Waals surface area contributed by atoms with Crippen LogP contribution in [0.15, 0.2) is 48.7 Å². The van der Waals surface area contributed by atoms with Gasteiger partial charge in [-0.05, 0) is 49.4 Å². The highest BCUT2D eigenvalue weighted by Crippen LogP contribution is 2.25. The van der Waals surface area contributed by atoms with E-state index in [0.717, 1.165) is 46.5 Å². The number of carbonyl (C=O) groups excluding carboxylic acids is 2. The average molecular weight is 469 g/mol. The number of hydrogen-bond acceptors (Lipinski definition) is 6. The van der Waals surface area contributed by atoms with E-state index in [-0.39, 0.29) is 17.5 Å². The number of imidazole rings is 1. The van der Waals surface area contributed by atoms with E-state index in [9.17, 15) is 9.59 Å². The minimum Gasteiger partial charge on any atom is -0.383 e. The summed E-state index contributed by atoms with van der Waals surface area (Å²) in [5.41, 5.74) is 10.9. The third-order valence-corrected chi connectivity index (χ3v) is 6.40. The second kappa shape index (κ2) is 8.10. The fourth-order valence-corrected chi connectivity index (χ4v) is 4.58. The first-order chi connectivity index (χ1) is 17.0. The van der Waals surface area contributed by atoms with Crippen molar-refractivity contribution in [2.45, 2.75) is 6.92 Å². The Morgan fingerprint density at radius 3 is 2.66 bits per heavy atom. The first-order valence-corrected chi connectivity index (χ1v) is 11.5. The number of carbonyl (C=O) groups is 2. The molecule has 0 radical (unpaired) electrons. The maximum Gasteiger partial charge on any atom is 0.253 e. The summed E-state index contributed by atoms with van der Waals surface area (Å²) in [6, 6.07) is 12.8. The highest BCUT2D eigenvalue weighted by atomic mass is 16.2. The summed E-state index contributed by atoms with van der Waals surface area (Å²) < 4.78 is 1.54. The van der Waals surface area contributed by atoms with Gasteiger partial charge in [-0.1, -0.05) is 0 Å². The third kappa shape index (κ3) is 3.64. The van der Waals surface area contributed by atoms with Crippen LogP contribution in [0.2, 0.25) is 0 Å². The van der Waals surface area contributed by atoms with Gasteiger partial charge in [-0.3, -0.25) is 9.59 Å². The highest BCUT2D eigenvalue weighted by molar-refractivity contribution is 6.13. The van der Waals surface area contributed by atoms with Crippen molar-refractivity contribution in [3.05, 3.63) is 71.3 Å². The maximum atomic E-state index is 13.3. The first kappa shape index (κ1) is 21.1. The van der Waals surface area contributed by atoms with Gasteiger partial charge < -0.3 is 25.9 Å². The Balaban J connectivity index is 1.29. The number of fused-ring (bicyclic) bond motifs is 2. The number of benzene rings is 2. The summed E-state index contributed by atoms with van der Waals surface area (Å²) in [5.74, 6) is 0.799. The van der Waals surface area contributed by atoms with Crippen molar-refractivity contribution in [1.82, 2.24) is 34.9 Å². The van der Waals surface area contributed by atoms with Crippen LogP contribution in [0.25, 0.3) is 27.6 Å². The summed E-state index contributed by atoms with van der Waals surface area (Å²) in [4.78, 5) is 38.8. The topological polar surface area (TPSA) is 138 Å². The van der Waals surface area contributed by atoms with Gasteiger partial charge in [0.25, 0.3) is 5.91 Å². The Kier molecular flexibility index (Phi) is 4.89. The fourth-order valence-electron chi connectivity index (χ4n) is 4.58. The normalized spacial score (nSPS) is 14.1. The number of amides is 1. The Morgan fingerprint density at radius 1 is 1.00 bits per heavy atom. The van der Waals surface area contributed by atoms with Gasteiger partial charge in [0.15, 0.2) is 0 Å². The SMILES string of the molecule is Cc1nc2ccc(-n3ncc(C(=O)c4cc5cc(C(=O)N6CCNCC6)ccc5[nH]4)c3N)cc2[nH]1. The molecular formula is C25H24N8O2. The number of H-pyrrole nitrogens is 2. The molecule has 1 saturated heterocycles. The average Bonchev–Trinajstić information content (AvgIpc) is 3.58. The number of piperazine rings is 1. The molecule has 6 rings (SSSR count). The number of aromatic amines is 2. The van der Waals surface area contributed by atoms with Crippen LogP contribution in [0, 0.1) is 6.92 Å². The molecule has 4 heterocycles. The first-order valence-electron chi connectivity index (χ1n) is 11.5. The van der Waals surface area contributed by atoms with Crippen LogP contribution in [0.3, 0.4) is 0 Å². The number of aromatic nitrogens is 5. The lowest BCUT2D eigenvalue weighted by atomic mass is 10.1. The lowest BCUT2D eigenvalue weighted by Gasteiger charge is -2.27. The number of aryl methyl sites for hydroxylation is 1. The van der Waals surface area contributed by atoms with Crippen molar-refractivity contribution in [3.63, 3.8) is 0 Å². The lowest BCUT2D eigenvalue weighted by Crippen LogP contribution is -2.46. The summed E-state index contributed by atoms with van der Waals surface area (Å²) in [5, 5.41) is 8.40. The molecule has 0 aliphatic carbocycles. The van der Waals surface area contributed by atoms with Gasteiger partial charge in [0, 0.05) is 42.6 Å². The van der Waals surface area contributed by atoms with E-state index < -0.39 is 0 Å². The molecule has 10 nitrogen and oxygen atoms in total. The molecule has 2 aromatic carbocycles. The van der Waals surface area contributed by atoms with Crippen molar-refractivity contribution >= 4 is 39.4 Å². The van der Waals surface area contributed by atoms with Crippen molar-refractivity contribution in [1.29, 1.82) is 0 Å². The van der Waals surface area contributed by atoms with Gasteiger partial charge >= 0.3 is 0 Å². The fraction of sp³-hybridized carbons (Fsp3) is 0.200. The van der Waals surface area contributed by atoms with Crippen LogP contribution >= 0.6 is 0 Å². The molecule has 0 unspecified atom stereocenters. The molecule has 0 spiro atoms. The number of rotatable bonds is 4. The van der Waals surface area contributed by atoms with E-state index in [2.05, 4.69) is 25.4 Å². The Morgan fingerprint density at radius 2 is 1.83 bits per heavy atom. The van der Waals surface area contributed by atoms with Crippen molar-refractivity contribution in [2.75, 3.05) is 31.9 Å². The van der Waals surface area contributed by atoms with Gasteiger partial charge in [-0.25, -0.2) is 9.67 Å². The van der Waals surface area contributed by atoms with Gasteiger partial charge in [0.2, 0.25) is 5.78 Å². The number of ketones is 1. The van der Waals surface area contributed by atoms with Crippen molar-refractivity contribution in [3.8, 4) is 5.69 Å². The zero-order valence-corrected chi connectivity index (χ0v) is 19.1. The molecule has 1 aliphatic rings. The van der Waals surface area contributed by atoms with Gasteiger partial charge in [0.05, 0.1) is 34.2 Å². The van der Waals surface area contributed by atoms with Gasteiger partial charge in [0.1, 0.15) is 11.6 Å². The van der Waals surface area contributed by atoms with E-state index in [4.69, 9.17) is 5.73 Å². The zero-order chi connectivity index (χ0) is 24.1. The van der Waals surface area contributed by atoms with Gasteiger partial charge in [-0.15, -0.1) is 0 Å².